The summed E-state index contributed by atoms with van der Waals surface area (Å²) in [5.74, 6) is 0.252. The second-order valence-electron chi connectivity index (χ2n) is 10.1. The highest BCUT2D eigenvalue weighted by molar-refractivity contribution is 5.80. The number of ether oxygens (including phenoxy) is 1. The van der Waals surface area contributed by atoms with Gasteiger partial charge in [0.2, 0.25) is 5.91 Å². The van der Waals surface area contributed by atoms with E-state index in [1.807, 2.05) is 23.6 Å². The molecule has 33 heavy (non-hydrogen) atoms. The Labute approximate surface area is 198 Å². The summed E-state index contributed by atoms with van der Waals surface area (Å²) < 4.78 is 5.76. The largest absolute Gasteiger partial charge is 0.372 e. The third kappa shape index (κ3) is 6.48. The number of hydrogen-bond acceptors (Lipinski definition) is 4. The fraction of sp³-hybridized carbons (Fsp3) is 0.692. The summed E-state index contributed by atoms with van der Waals surface area (Å²) >= 11 is 0. The van der Waals surface area contributed by atoms with Crippen LogP contribution in [0.1, 0.15) is 51.5 Å². The Morgan fingerprint density at radius 2 is 1.64 bits per heavy atom. The van der Waals surface area contributed by atoms with Gasteiger partial charge < -0.3 is 19.9 Å². The van der Waals surface area contributed by atoms with Crippen LogP contribution in [-0.2, 0) is 16.1 Å². The van der Waals surface area contributed by atoms with Gasteiger partial charge in [-0.25, -0.2) is 4.79 Å². The maximum absolute atomic E-state index is 13.0. The van der Waals surface area contributed by atoms with Crippen LogP contribution in [0.3, 0.4) is 0 Å². The van der Waals surface area contributed by atoms with Crippen molar-refractivity contribution in [3.05, 3.63) is 35.9 Å². The molecule has 1 aromatic rings. The Hall–Kier alpha value is -2.12. The van der Waals surface area contributed by atoms with Crippen molar-refractivity contribution in [1.82, 2.24) is 20.0 Å². The molecule has 0 bridgehead atoms. The van der Waals surface area contributed by atoms with Gasteiger partial charge in [-0.2, -0.15) is 0 Å². The van der Waals surface area contributed by atoms with Gasteiger partial charge in [-0.15, -0.1) is 0 Å². The Bertz CT molecular complexity index is 771. The molecule has 0 saturated carbocycles. The summed E-state index contributed by atoms with van der Waals surface area (Å²) in [6, 6.07) is 11.0. The molecule has 182 valence electrons. The van der Waals surface area contributed by atoms with E-state index in [1.165, 1.54) is 18.4 Å². The molecule has 3 saturated heterocycles. The van der Waals surface area contributed by atoms with Gasteiger partial charge in [0.15, 0.2) is 0 Å². The van der Waals surface area contributed by atoms with Crippen LogP contribution in [0.5, 0.6) is 0 Å². The molecule has 3 heterocycles. The molecule has 7 nitrogen and oxygen atoms in total. The standard InChI is InChI=1S/C26H40N4O3/c1-20-17-30(18-21(2)33-20)25(31)23-11-14-28(15-12-23)26(32)27-16-24-10-6-7-13-29(24)19-22-8-4-3-5-9-22/h3-5,8-9,20-21,23-24H,6-7,10-19H2,1-2H3,(H,27,32). The SMILES string of the molecule is CC1CN(C(=O)C2CCN(C(=O)NCC3CCCCN3Cc3ccccc3)CC2)CC(C)O1. The number of nitrogens with zero attached hydrogens (tertiary/aromatic N) is 3. The average Bonchev–Trinajstić information content (AvgIpc) is 2.83. The van der Waals surface area contributed by atoms with Gasteiger partial charge in [0, 0.05) is 51.2 Å². The summed E-state index contributed by atoms with van der Waals surface area (Å²) in [5.41, 5.74) is 1.33. The first kappa shape index (κ1) is 24.0. The van der Waals surface area contributed by atoms with Crippen LogP contribution < -0.4 is 5.32 Å². The highest BCUT2D eigenvalue weighted by atomic mass is 16.5. The Kier molecular flexibility index (Phi) is 8.25. The lowest BCUT2D eigenvalue weighted by Crippen LogP contribution is -2.53. The highest BCUT2D eigenvalue weighted by Crippen LogP contribution is 2.23. The van der Waals surface area contributed by atoms with Crippen molar-refractivity contribution in [2.45, 2.75) is 70.7 Å². The first-order valence-electron chi connectivity index (χ1n) is 12.7. The van der Waals surface area contributed by atoms with Gasteiger partial charge in [-0.05, 0) is 51.6 Å². The number of likely N-dealkylation sites (tertiary alicyclic amines) is 2. The molecular weight excluding hydrogens is 416 g/mol. The second-order valence-corrected chi connectivity index (χ2v) is 10.1. The maximum Gasteiger partial charge on any atom is 0.317 e. The number of benzene rings is 1. The molecule has 3 unspecified atom stereocenters. The molecule has 1 aromatic carbocycles. The number of amides is 3. The average molecular weight is 457 g/mol. The van der Waals surface area contributed by atoms with Crippen molar-refractivity contribution in [1.29, 1.82) is 0 Å². The van der Waals surface area contributed by atoms with E-state index in [0.29, 0.717) is 38.8 Å². The third-order valence-electron chi connectivity index (χ3n) is 7.33. The third-order valence-corrected chi connectivity index (χ3v) is 7.33. The summed E-state index contributed by atoms with van der Waals surface area (Å²) in [6.45, 7) is 9.40. The maximum atomic E-state index is 13.0. The molecular formula is C26H40N4O3. The number of rotatable bonds is 5. The van der Waals surface area contributed by atoms with Crippen molar-refractivity contribution in [2.75, 3.05) is 39.3 Å². The zero-order valence-electron chi connectivity index (χ0n) is 20.2. The van der Waals surface area contributed by atoms with Crippen LogP contribution in [0.4, 0.5) is 4.79 Å². The van der Waals surface area contributed by atoms with E-state index in [9.17, 15) is 9.59 Å². The highest BCUT2D eigenvalue weighted by Gasteiger charge is 2.34. The smallest absolute Gasteiger partial charge is 0.317 e. The molecule has 0 spiro atoms. The first-order valence-corrected chi connectivity index (χ1v) is 12.7. The van der Waals surface area contributed by atoms with Crippen molar-refractivity contribution < 1.29 is 14.3 Å². The summed E-state index contributed by atoms with van der Waals surface area (Å²) in [4.78, 5) is 32.2. The number of nitrogens with one attached hydrogen (secondary N) is 1. The molecule has 1 N–H and O–H groups in total. The minimum Gasteiger partial charge on any atom is -0.372 e. The fourth-order valence-electron chi connectivity index (χ4n) is 5.58. The van der Waals surface area contributed by atoms with Crippen molar-refractivity contribution in [3.8, 4) is 0 Å². The van der Waals surface area contributed by atoms with E-state index >= 15 is 0 Å². The monoisotopic (exact) mass is 456 g/mol. The molecule has 0 radical (unpaired) electrons. The number of piperidine rings is 2. The normalized spacial score (nSPS) is 27.4. The molecule has 3 amide bonds. The van der Waals surface area contributed by atoms with Gasteiger partial charge in [0.1, 0.15) is 0 Å². The van der Waals surface area contributed by atoms with Crippen LogP contribution in [0.25, 0.3) is 0 Å². The minimum absolute atomic E-state index is 0.0137. The Morgan fingerprint density at radius 3 is 2.33 bits per heavy atom. The van der Waals surface area contributed by atoms with Crippen molar-refractivity contribution in [3.63, 3.8) is 0 Å². The van der Waals surface area contributed by atoms with Gasteiger partial charge in [0.25, 0.3) is 0 Å². The van der Waals surface area contributed by atoms with Crippen molar-refractivity contribution in [2.24, 2.45) is 5.92 Å². The molecule has 0 aliphatic carbocycles. The number of urea groups is 1. The van der Waals surface area contributed by atoms with Gasteiger partial charge >= 0.3 is 6.03 Å². The van der Waals surface area contributed by atoms with Crippen molar-refractivity contribution >= 4 is 11.9 Å². The molecule has 7 heteroatoms. The molecule has 3 aliphatic heterocycles. The van der Waals surface area contributed by atoms with E-state index in [0.717, 1.165) is 32.4 Å². The molecule has 3 fully saturated rings. The van der Waals surface area contributed by atoms with Gasteiger partial charge in [-0.3, -0.25) is 9.69 Å². The lowest BCUT2D eigenvalue weighted by Gasteiger charge is -2.39. The van der Waals surface area contributed by atoms with E-state index < -0.39 is 0 Å². The lowest BCUT2D eigenvalue weighted by molar-refractivity contribution is -0.148. The molecule has 0 aromatic heterocycles. The predicted octanol–water partition coefficient (Wildman–Crippen LogP) is 3.10. The van der Waals surface area contributed by atoms with Crippen LogP contribution in [0.2, 0.25) is 0 Å². The zero-order chi connectivity index (χ0) is 23.2. The molecule has 3 atom stereocenters. The Morgan fingerprint density at radius 1 is 0.939 bits per heavy atom. The summed E-state index contributed by atoms with van der Waals surface area (Å²) in [7, 11) is 0. The molecule has 3 aliphatic rings. The van der Waals surface area contributed by atoms with E-state index in [1.54, 1.807) is 0 Å². The van der Waals surface area contributed by atoms with Crippen LogP contribution in [0, 0.1) is 5.92 Å². The van der Waals surface area contributed by atoms with Gasteiger partial charge in [-0.1, -0.05) is 36.8 Å². The second kappa shape index (κ2) is 11.3. The predicted molar refractivity (Wildman–Crippen MR) is 129 cm³/mol. The summed E-state index contributed by atoms with van der Waals surface area (Å²) in [5, 5.41) is 3.19. The topological polar surface area (TPSA) is 65.1 Å². The first-order chi connectivity index (χ1) is 16.0. The van der Waals surface area contributed by atoms with Crippen LogP contribution in [-0.4, -0.2) is 84.2 Å². The molecule has 4 rings (SSSR count). The number of carbonyl (C=O) groups is 2. The van der Waals surface area contributed by atoms with Crippen LogP contribution >= 0.6 is 0 Å². The zero-order valence-corrected chi connectivity index (χ0v) is 20.2. The number of hydrogen-bond donors (Lipinski definition) is 1. The minimum atomic E-state index is 0.0137. The van der Waals surface area contributed by atoms with E-state index in [2.05, 4.69) is 40.5 Å². The van der Waals surface area contributed by atoms with E-state index in [4.69, 9.17) is 4.74 Å². The van der Waals surface area contributed by atoms with Crippen LogP contribution in [0.15, 0.2) is 30.3 Å². The Balaban J connectivity index is 1.22. The number of morpholine rings is 1. The fourth-order valence-corrected chi connectivity index (χ4v) is 5.58. The lowest BCUT2D eigenvalue weighted by atomic mass is 9.95. The van der Waals surface area contributed by atoms with Gasteiger partial charge in [0.05, 0.1) is 12.2 Å². The quantitative estimate of drug-likeness (QED) is 0.740. The number of carbonyl (C=O) groups excluding carboxylic acids is 2. The van der Waals surface area contributed by atoms with E-state index in [-0.39, 0.29) is 30.1 Å². The summed E-state index contributed by atoms with van der Waals surface area (Å²) in [6.07, 6.45) is 5.23.